The van der Waals surface area contributed by atoms with Crippen molar-refractivity contribution >= 4 is 58.2 Å². The maximum atomic E-state index is 14.9. The molecule has 17 nitrogen and oxygen atoms in total. The lowest BCUT2D eigenvalue weighted by Gasteiger charge is -2.41. The molecule has 1 aromatic rings. The molecular formula is C54H92N8O9S. The smallest absolute Gasteiger partial charge is 0.246 e. The largest absolute Gasteiger partial charge is 0.390 e. The van der Waals surface area contributed by atoms with Crippen molar-refractivity contribution in [3.05, 3.63) is 48.0 Å². The fourth-order valence-corrected chi connectivity index (χ4v) is 9.64. The Bertz CT molecular complexity index is 1960. The third-order valence-electron chi connectivity index (χ3n) is 13.1. The minimum absolute atomic E-state index is 0.0146. The van der Waals surface area contributed by atoms with Gasteiger partial charge in [-0.25, -0.2) is 0 Å². The Labute approximate surface area is 436 Å². The highest BCUT2D eigenvalue weighted by molar-refractivity contribution is 8.13. The van der Waals surface area contributed by atoms with Crippen LogP contribution in [0.5, 0.6) is 0 Å². The van der Waals surface area contributed by atoms with Crippen molar-refractivity contribution in [2.75, 3.05) is 48.8 Å². The molecule has 0 saturated heterocycles. The van der Waals surface area contributed by atoms with E-state index in [0.717, 1.165) is 22.2 Å². The van der Waals surface area contributed by atoms with Crippen LogP contribution in [0.25, 0.3) is 0 Å². The van der Waals surface area contributed by atoms with Gasteiger partial charge in [-0.2, -0.15) is 0 Å². The second-order valence-electron chi connectivity index (χ2n) is 21.2. The van der Waals surface area contributed by atoms with Gasteiger partial charge >= 0.3 is 0 Å². The summed E-state index contributed by atoms with van der Waals surface area (Å²) in [6.45, 7) is 21.5. The molecule has 4 N–H and O–H groups in total. The SMILES string of the molecule is C/C=C/C[C@@H](C)[C@@H](O)[C@@H](C(=O)N[C@@H](CC)C(=O)N(C)CC(=O)N(C)[C@@H](CC(C)C)C(=O)SCc1ccccc1)N(C)C(=O)[C@H](C(C)C)N(C)C(=O)[C@H](CC(C)C)N(C)C(=O)[C@H](CC(C)C)N(C)C(=O)[C@@H](C)N. The molecule has 0 saturated carbocycles. The first kappa shape index (κ1) is 65.2. The van der Waals surface area contributed by atoms with Crippen LogP contribution < -0.4 is 11.1 Å². The van der Waals surface area contributed by atoms with Gasteiger partial charge < -0.3 is 45.6 Å². The molecule has 0 aliphatic carbocycles. The molecular weight excluding hydrogens is 937 g/mol. The summed E-state index contributed by atoms with van der Waals surface area (Å²) < 4.78 is 0. The van der Waals surface area contributed by atoms with E-state index in [2.05, 4.69) is 5.32 Å². The van der Waals surface area contributed by atoms with Crippen molar-refractivity contribution in [2.24, 2.45) is 35.3 Å². The number of nitrogens with two attached hydrogens (primary N) is 1. The molecule has 0 fully saturated rings. The highest BCUT2D eigenvalue weighted by atomic mass is 32.2. The molecule has 1 rings (SSSR count). The van der Waals surface area contributed by atoms with E-state index >= 15 is 0 Å². The van der Waals surface area contributed by atoms with Crippen LogP contribution in [0.1, 0.15) is 121 Å². The van der Waals surface area contributed by atoms with E-state index in [4.69, 9.17) is 5.73 Å². The number of nitrogens with one attached hydrogen (secondary N) is 1. The van der Waals surface area contributed by atoms with Crippen LogP contribution in [0.15, 0.2) is 42.5 Å². The molecule has 1 aromatic carbocycles. The Morgan fingerprint density at radius 1 is 0.639 bits per heavy atom. The topological polar surface area (TPSA) is 214 Å². The number of hydrogen-bond donors (Lipinski definition) is 3. The van der Waals surface area contributed by atoms with E-state index in [1.54, 1.807) is 41.7 Å². The summed E-state index contributed by atoms with van der Waals surface area (Å²) in [4.78, 5) is 121. The van der Waals surface area contributed by atoms with Gasteiger partial charge in [0.2, 0.25) is 46.5 Å². The number of amides is 7. The van der Waals surface area contributed by atoms with Gasteiger partial charge in [-0.05, 0) is 81.1 Å². The molecule has 0 aliphatic heterocycles. The Balaban J connectivity index is 3.59. The van der Waals surface area contributed by atoms with Crippen LogP contribution in [0.2, 0.25) is 0 Å². The summed E-state index contributed by atoms with van der Waals surface area (Å²) >= 11 is 1.14. The van der Waals surface area contributed by atoms with Crippen molar-refractivity contribution in [1.82, 2.24) is 34.7 Å². The number of aliphatic hydroxyl groups is 1. The third kappa shape index (κ3) is 19.2. The number of hydrogen-bond acceptors (Lipinski definition) is 11. The lowest BCUT2D eigenvalue weighted by Crippen LogP contribution is -2.63. The molecule has 0 spiro atoms. The number of benzene rings is 1. The van der Waals surface area contributed by atoms with Crippen molar-refractivity contribution in [1.29, 1.82) is 0 Å². The Kier molecular flexibility index (Phi) is 28.1. The standard InChI is InChI=1S/C54H92N8O9S/c1-19-21-25-37(11)47(64)46(48(65)56-40(20-2)50(67)57(13)31-44(63)58(14)43(30-35(7)8)54(71)72-32-39-26-23-22-24-27-39)62(18)53(70)45(36(9)10)61(17)52(69)42(29-34(5)6)60(16)51(68)41(28-33(3)4)59(15)49(66)38(12)55/h19,21-24,26-27,33-38,40-43,45-47,64H,20,25,28-32,55H2,1-18H3,(H,56,65)/b21-19+/t37-,38-,40+,41+,42+,43+,45+,46+,47-/m1/s1. The van der Waals surface area contributed by atoms with Crippen LogP contribution in [0, 0.1) is 29.6 Å². The van der Waals surface area contributed by atoms with Crippen molar-refractivity contribution < 1.29 is 43.5 Å². The number of rotatable bonds is 29. The highest BCUT2D eigenvalue weighted by Gasteiger charge is 2.44. The lowest BCUT2D eigenvalue weighted by molar-refractivity contribution is -0.157. The van der Waals surface area contributed by atoms with Crippen LogP contribution in [-0.4, -0.2) is 178 Å². The summed E-state index contributed by atoms with van der Waals surface area (Å²) in [5.41, 5.74) is 6.91. The molecule has 0 radical (unpaired) electrons. The molecule has 0 unspecified atom stereocenters. The number of thioether (sulfide) groups is 1. The number of allylic oxidation sites excluding steroid dienone is 2. The summed E-state index contributed by atoms with van der Waals surface area (Å²) in [5.74, 6) is -4.53. The minimum Gasteiger partial charge on any atom is -0.390 e. The van der Waals surface area contributed by atoms with Gasteiger partial charge in [0.25, 0.3) is 0 Å². The van der Waals surface area contributed by atoms with Crippen molar-refractivity contribution in [3.63, 3.8) is 0 Å². The first-order valence-corrected chi connectivity index (χ1v) is 26.6. The Morgan fingerprint density at radius 2 is 1.11 bits per heavy atom. The van der Waals surface area contributed by atoms with Crippen LogP contribution in [-0.2, 0) is 44.1 Å². The second-order valence-corrected chi connectivity index (χ2v) is 22.2. The quantitative estimate of drug-likeness (QED) is 0.0905. The van der Waals surface area contributed by atoms with Gasteiger partial charge in [0.05, 0.1) is 18.7 Å². The summed E-state index contributed by atoms with van der Waals surface area (Å²) in [6.07, 6.45) is 3.63. The van der Waals surface area contributed by atoms with Crippen LogP contribution in [0.3, 0.4) is 0 Å². The number of aliphatic hydroxyl groups excluding tert-OH is 1. The predicted octanol–water partition coefficient (Wildman–Crippen LogP) is 5.04. The monoisotopic (exact) mass is 1030 g/mol. The third-order valence-corrected chi connectivity index (χ3v) is 14.2. The van der Waals surface area contributed by atoms with E-state index < -0.39 is 102 Å². The average molecular weight is 1030 g/mol. The Morgan fingerprint density at radius 3 is 1.57 bits per heavy atom. The van der Waals surface area contributed by atoms with Gasteiger partial charge in [-0.3, -0.25) is 38.4 Å². The van der Waals surface area contributed by atoms with Gasteiger partial charge in [0, 0.05) is 48.0 Å². The van der Waals surface area contributed by atoms with Crippen molar-refractivity contribution in [2.45, 2.75) is 169 Å². The van der Waals surface area contributed by atoms with E-state index in [1.807, 2.05) is 91.0 Å². The molecule has 0 aliphatic rings. The number of carbonyl (C=O) groups is 8. The van der Waals surface area contributed by atoms with Gasteiger partial charge in [0.15, 0.2) is 0 Å². The van der Waals surface area contributed by atoms with Crippen LogP contribution in [0.4, 0.5) is 0 Å². The molecule has 7 amide bonds. The van der Waals surface area contributed by atoms with Crippen LogP contribution >= 0.6 is 11.8 Å². The first-order valence-electron chi connectivity index (χ1n) is 25.6. The highest BCUT2D eigenvalue weighted by Crippen LogP contribution is 2.26. The number of carbonyl (C=O) groups excluding carboxylic acids is 8. The molecule has 408 valence electrons. The first-order chi connectivity index (χ1) is 33.5. The molecule has 0 heterocycles. The van der Waals surface area contributed by atoms with Gasteiger partial charge in [-0.1, -0.05) is 123 Å². The molecule has 0 aromatic heterocycles. The fraction of sp³-hybridized carbons (Fsp3) is 0.704. The maximum absolute atomic E-state index is 14.9. The molecule has 0 bridgehead atoms. The normalized spacial score (nSPS) is 15.5. The maximum Gasteiger partial charge on any atom is 0.246 e. The number of likely N-dealkylation sites (N-methyl/N-ethyl adjacent to an activating group) is 6. The minimum atomic E-state index is -1.54. The molecule has 18 heteroatoms. The Hall–Kier alpha value is -4.81. The molecule has 72 heavy (non-hydrogen) atoms. The molecule has 9 atom stereocenters. The van der Waals surface area contributed by atoms with E-state index in [0.29, 0.717) is 25.0 Å². The fourth-order valence-electron chi connectivity index (χ4n) is 8.69. The van der Waals surface area contributed by atoms with Gasteiger partial charge in [0.1, 0.15) is 36.3 Å². The van der Waals surface area contributed by atoms with Gasteiger partial charge in [-0.15, -0.1) is 0 Å². The predicted molar refractivity (Wildman–Crippen MR) is 287 cm³/mol. The summed E-state index contributed by atoms with van der Waals surface area (Å²) in [5, 5.41) is 14.6. The summed E-state index contributed by atoms with van der Waals surface area (Å²) in [6, 6.07) is 2.13. The van der Waals surface area contributed by atoms with E-state index in [1.165, 1.54) is 59.7 Å². The number of nitrogens with zero attached hydrogens (tertiary/aromatic N) is 6. The van der Waals surface area contributed by atoms with E-state index in [9.17, 15) is 43.5 Å². The lowest BCUT2D eigenvalue weighted by atomic mass is 9.91. The van der Waals surface area contributed by atoms with Crippen molar-refractivity contribution in [3.8, 4) is 0 Å². The zero-order valence-corrected chi connectivity index (χ0v) is 47.7. The second kappa shape index (κ2) is 31.0. The zero-order chi connectivity index (χ0) is 55.5. The zero-order valence-electron chi connectivity index (χ0n) is 46.9. The average Bonchev–Trinajstić information content (AvgIpc) is 3.32. The van der Waals surface area contributed by atoms with E-state index in [-0.39, 0.29) is 42.3 Å². The summed E-state index contributed by atoms with van der Waals surface area (Å²) in [7, 11) is 8.90.